The summed E-state index contributed by atoms with van der Waals surface area (Å²) in [7, 11) is 1.08. The van der Waals surface area contributed by atoms with Crippen LogP contribution in [0.2, 0.25) is 0 Å². The first kappa shape index (κ1) is 12.0. The number of rotatable bonds is 4. The first-order valence-corrected chi connectivity index (χ1v) is 4.48. The summed E-state index contributed by atoms with van der Waals surface area (Å²) < 4.78 is 4.20. The Labute approximate surface area is 91.7 Å². The van der Waals surface area contributed by atoms with Crippen LogP contribution in [0, 0.1) is 6.92 Å². The molecule has 0 amide bonds. The quantitative estimate of drug-likeness (QED) is 0.311. The van der Waals surface area contributed by atoms with Gasteiger partial charge in [0.2, 0.25) is 5.78 Å². The van der Waals surface area contributed by atoms with Crippen LogP contribution in [0.5, 0.6) is 0 Å². The summed E-state index contributed by atoms with van der Waals surface area (Å²) in [6.07, 6.45) is 2.24. The van der Waals surface area contributed by atoms with Crippen LogP contribution in [0.3, 0.4) is 0 Å². The van der Waals surface area contributed by atoms with E-state index in [-0.39, 0.29) is 5.69 Å². The van der Waals surface area contributed by atoms with Gasteiger partial charge in [-0.15, -0.1) is 0 Å². The van der Waals surface area contributed by atoms with E-state index >= 15 is 0 Å². The standard InChI is InChI=1S/C10H10N2O4/c1-6-9(12-4-3-11-6)7(13)5-8(14)10(15)16-2/h3-4H,5H2,1-2H3. The molecular formula is C10H10N2O4. The molecule has 0 fully saturated rings. The number of esters is 1. The second-order valence-corrected chi connectivity index (χ2v) is 3.01. The van der Waals surface area contributed by atoms with Crippen molar-refractivity contribution in [2.45, 2.75) is 13.3 Å². The van der Waals surface area contributed by atoms with Gasteiger partial charge in [0.1, 0.15) is 5.69 Å². The molecule has 16 heavy (non-hydrogen) atoms. The predicted octanol–water partition coefficient (Wildman–Crippen LogP) is 0.0999. The van der Waals surface area contributed by atoms with Gasteiger partial charge in [0.25, 0.3) is 0 Å². The summed E-state index contributed by atoms with van der Waals surface area (Å²) in [6, 6.07) is 0. The molecule has 0 bridgehead atoms. The molecule has 0 saturated carbocycles. The minimum absolute atomic E-state index is 0.0970. The van der Waals surface area contributed by atoms with Gasteiger partial charge in [0.05, 0.1) is 19.2 Å². The van der Waals surface area contributed by atoms with Crippen molar-refractivity contribution in [2.75, 3.05) is 7.11 Å². The van der Waals surface area contributed by atoms with Crippen LogP contribution >= 0.6 is 0 Å². The van der Waals surface area contributed by atoms with Gasteiger partial charge in [0.15, 0.2) is 5.78 Å². The molecule has 0 unspecified atom stereocenters. The maximum absolute atomic E-state index is 11.6. The highest BCUT2D eigenvalue weighted by molar-refractivity contribution is 6.38. The van der Waals surface area contributed by atoms with Crippen LogP contribution in [0.25, 0.3) is 0 Å². The van der Waals surface area contributed by atoms with Gasteiger partial charge < -0.3 is 4.74 Å². The number of nitrogens with zero attached hydrogens (tertiary/aromatic N) is 2. The second kappa shape index (κ2) is 5.11. The molecule has 84 valence electrons. The van der Waals surface area contributed by atoms with Crippen LogP contribution in [0.15, 0.2) is 12.4 Å². The minimum Gasteiger partial charge on any atom is -0.463 e. The van der Waals surface area contributed by atoms with E-state index < -0.39 is 24.0 Å². The normalized spacial score (nSPS) is 9.62. The molecule has 1 heterocycles. The number of ketones is 2. The van der Waals surface area contributed by atoms with Crippen LogP contribution in [-0.2, 0) is 14.3 Å². The molecule has 6 heteroatoms. The highest BCUT2D eigenvalue weighted by atomic mass is 16.5. The van der Waals surface area contributed by atoms with Crippen molar-refractivity contribution in [2.24, 2.45) is 0 Å². The van der Waals surface area contributed by atoms with Gasteiger partial charge in [-0.05, 0) is 6.92 Å². The van der Waals surface area contributed by atoms with Crippen LogP contribution < -0.4 is 0 Å². The number of carbonyl (C=O) groups excluding carboxylic acids is 3. The highest BCUT2D eigenvalue weighted by Gasteiger charge is 2.21. The van der Waals surface area contributed by atoms with Crippen molar-refractivity contribution in [3.63, 3.8) is 0 Å². The topological polar surface area (TPSA) is 86.2 Å². The number of methoxy groups -OCH3 is 1. The van der Waals surface area contributed by atoms with Crippen molar-refractivity contribution in [3.05, 3.63) is 23.8 Å². The van der Waals surface area contributed by atoms with E-state index in [1.165, 1.54) is 12.4 Å². The summed E-state index contributed by atoms with van der Waals surface area (Å²) >= 11 is 0. The van der Waals surface area contributed by atoms with Gasteiger partial charge in [-0.2, -0.15) is 0 Å². The van der Waals surface area contributed by atoms with E-state index in [0.717, 1.165) is 7.11 Å². The summed E-state index contributed by atoms with van der Waals surface area (Å²) in [5, 5.41) is 0. The van der Waals surface area contributed by atoms with E-state index in [0.29, 0.717) is 5.69 Å². The van der Waals surface area contributed by atoms with E-state index in [4.69, 9.17) is 0 Å². The number of hydrogen-bond acceptors (Lipinski definition) is 6. The van der Waals surface area contributed by atoms with Gasteiger partial charge in [-0.1, -0.05) is 0 Å². The largest absolute Gasteiger partial charge is 0.463 e. The summed E-state index contributed by atoms with van der Waals surface area (Å²) in [4.78, 5) is 41.2. The molecule has 1 aromatic rings. The fraction of sp³-hybridized carbons (Fsp3) is 0.300. The second-order valence-electron chi connectivity index (χ2n) is 3.01. The van der Waals surface area contributed by atoms with Gasteiger partial charge >= 0.3 is 5.97 Å². The first-order valence-electron chi connectivity index (χ1n) is 4.48. The fourth-order valence-electron chi connectivity index (χ4n) is 1.10. The van der Waals surface area contributed by atoms with Crippen molar-refractivity contribution in [1.29, 1.82) is 0 Å². The lowest BCUT2D eigenvalue weighted by molar-refractivity contribution is -0.151. The summed E-state index contributed by atoms with van der Waals surface area (Å²) in [5.41, 5.74) is 0.518. The molecule has 0 spiro atoms. The average molecular weight is 222 g/mol. The number of hydrogen-bond donors (Lipinski definition) is 0. The van der Waals surface area contributed by atoms with Gasteiger partial charge in [0, 0.05) is 12.4 Å². The maximum atomic E-state index is 11.6. The Bertz CT molecular complexity index is 442. The Hall–Kier alpha value is -2.11. The molecule has 6 nitrogen and oxygen atoms in total. The number of aryl methyl sites for hydroxylation is 1. The molecule has 1 aromatic heterocycles. The van der Waals surface area contributed by atoms with Crippen LogP contribution in [0.1, 0.15) is 22.6 Å². The molecule has 1 rings (SSSR count). The van der Waals surface area contributed by atoms with Crippen molar-refractivity contribution < 1.29 is 19.1 Å². The number of aromatic nitrogens is 2. The Morgan fingerprint density at radius 2 is 1.88 bits per heavy atom. The fourth-order valence-corrected chi connectivity index (χ4v) is 1.10. The Kier molecular flexibility index (Phi) is 3.82. The average Bonchev–Trinajstić information content (AvgIpc) is 2.28. The molecule has 0 aliphatic rings. The zero-order valence-corrected chi connectivity index (χ0v) is 8.89. The van der Waals surface area contributed by atoms with Crippen LogP contribution in [0.4, 0.5) is 0 Å². The lowest BCUT2D eigenvalue weighted by Gasteiger charge is -2.01. The molecule has 0 atom stereocenters. The van der Waals surface area contributed by atoms with Gasteiger partial charge in [-0.3, -0.25) is 14.6 Å². The Morgan fingerprint density at radius 3 is 2.44 bits per heavy atom. The van der Waals surface area contributed by atoms with E-state index in [2.05, 4.69) is 14.7 Å². The smallest absolute Gasteiger partial charge is 0.374 e. The number of Topliss-reactive ketones (excluding diaryl/α,β-unsaturated/α-hetero) is 2. The first-order chi connectivity index (χ1) is 7.56. The number of carbonyl (C=O) groups is 3. The highest BCUT2D eigenvalue weighted by Crippen LogP contribution is 2.04. The molecular weight excluding hydrogens is 212 g/mol. The summed E-state index contributed by atoms with van der Waals surface area (Å²) in [5.74, 6) is -2.46. The zero-order valence-electron chi connectivity index (χ0n) is 8.89. The Balaban J connectivity index is 2.78. The van der Waals surface area contributed by atoms with Crippen molar-refractivity contribution in [3.8, 4) is 0 Å². The van der Waals surface area contributed by atoms with E-state index in [9.17, 15) is 14.4 Å². The monoisotopic (exact) mass is 222 g/mol. The van der Waals surface area contributed by atoms with Crippen LogP contribution in [-0.4, -0.2) is 34.6 Å². The van der Waals surface area contributed by atoms with E-state index in [1.54, 1.807) is 6.92 Å². The third-order valence-electron chi connectivity index (χ3n) is 1.88. The lowest BCUT2D eigenvalue weighted by Crippen LogP contribution is -2.20. The third-order valence-corrected chi connectivity index (χ3v) is 1.88. The zero-order chi connectivity index (χ0) is 12.1. The number of ether oxygens (including phenoxy) is 1. The SMILES string of the molecule is COC(=O)C(=O)CC(=O)c1nccnc1C. The Morgan fingerprint density at radius 1 is 1.25 bits per heavy atom. The third kappa shape index (κ3) is 2.69. The molecule has 0 aliphatic heterocycles. The molecule has 0 aromatic carbocycles. The predicted molar refractivity (Wildman–Crippen MR) is 52.7 cm³/mol. The van der Waals surface area contributed by atoms with Gasteiger partial charge in [-0.25, -0.2) is 9.78 Å². The maximum Gasteiger partial charge on any atom is 0.374 e. The van der Waals surface area contributed by atoms with E-state index in [1.807, 2.05) is 0 Å². The molecule has 0 saturated heterocycles. The minimum atomic E-state index is -1.03. The molecule has 0 N–H and O–H groups in total. The summed E-state index contributed by atoms with van der Waals surface area (Å²) in [6.45, 7) is 1.60. The van der Waals surface area contributed by atoms with Crippen molar-refractivity contribution in [1.82, 2.24) is 9.97 Å². The molecule has 0 radical (unpaired) electrons. The lowest BCUT2D eigenvalue weighted by atomic mass is 10.1. The molecule has 0 aliphatic carbocycles. The van der Waals surface area contributed by atoms with Crippen molar-refractivity contribution >= 4 is 17.5 Å².